The molecule has 2 aromatic carbocycles. The molecular weight excluding hydrogens is 622 g/mol. The topological polar surface area (TPSA) is 190 Å². The first-order valence-corrected chi connectivity index (χ1v) is 16.2. The number of nitrogens with zero attached hydrogens (tertiary/aromatic N) is 5. The van der Waals surface area contributed by atoms with E-state index in [1.807, 2.05) is 56.4 Å². The third-order valence-corrected chi connectivity index (χ3v) is 9.00. The molecule has 15 heteroatoms. The van der Waals surface area contributed by atoms with E-state index in [1.54, 1.807) is 16.5 Å². The van der Waals surface area contributed by atoms with E-state index in [2.05, 4.69) is 30.4 Å². The predicted octanol–water partition coefficient (Wildman–Crippen LogP) is 4.17. The summed E-state index contributed by atoms with van der Waals surface area (Å²) < 4.78 is 36.4. The number of pyridine rings is 1. The number of aromatic hydroxyl groups is 1. The van der Waals surface area contributed by atoms with E-state index in [4.69, 9.17) is 10.5 Å². The highest BCUT2D eigenvalue weighted by molar-refractivity contribution is 7.92. The van der Waals surface area contributed by atoms with E-state index >= 15 is 0 Å². The standard InChI is InChI=1S/C32H33N9O5S/c1-4-46-31-25(39-47(44,45)24-12-10-23(42)11-13-24)16-21(17-34-31)26-28(33)35-18-36-29(26)37-20(3)30-38-40-15-14-19(2)27(40)32(43)41(30)22-8-6-5-7-9-22/h5-18,20,30,38-39,42H,4H2,1-3H3,(H3,33,35,36,37)/t20-,30?/m0/s1. The van der Waals surface area contributed by atoms with Gasteiger partial charge in [0, 0.05) is 23.6 Å². The van der Waals surface area contributed by atoms with Crippen LogP contribution in [0.25, 0.3) is 11.1 Å². The number of para-hydroxylation sites is 1. The number of carbonyl (C=O) groups is 1. The number of anilines is 4. The van der Waals surface area contributed by atoms with Crippen LogP contribution in [0.1, 0.15) is 29.9 Å². The highest BCUT2D eigenvalue weighted by Crippen LogP contribution is 2.36. The van der Waals surface area contributed by atoms with Crippen molar-refractivity contribution in [3.63, 3.8) is 0 Å². The molecule has 14 nitrogen and oxygen atoms in total. The van der Waals surface area contributed by atoms with Crippen molar-refractivity contribution in [1.29, 1.82) is 0 Å². The number of ether oxygens (including phenoxy) is 1. The Kier molecular flexibility index (Phi) is 8.30. The van der Waals surface area contributed by atoms with Crippen molar-refractivity contribution in [3.8, 4) is 22.8 Å². The first-order valence-electron chi connectivity index (χ1n) is 14.7. The Labute approximate surface area is 271 Å². The number of phenolic OH excluding ortho intramolecular Hbond substituents is 1. The largest absolute Gasteiger partial charge is 0.508 e. The molecule has 6 N–H and O–H groups in total. The summed E-state index contributed by atoms with van der Waals surface area (Å²) in [6, 6.07) is 17.4. The molecule has 6 rings (SSSR count). The van der Waals surface area contributed by atoms with Crippen molar-refractivity contribution in [2.75, 3.05) is 32.7 Å². The number of hydrogen-bond donors (Lipinski definition) is 5. The number of nitrogens with two attached hydrogens (primary N) is 1. The smallest absolute Gasteiger partial charge is 0.278 e. The predicted molar refractivity (Wildman–Crippen MR) is 178 cm³/mol. The normalized spacial score (nSPS) is 15.0. The molecule has 1 unspecified atom stereocenters. The van der Waals surface area contributed by atoms with Gasteiger partial charge in [-0.15, -0.1) is 0 Å². The number of sulfonamides is 1. The van der Waals surface area contributed by atoms with Crippen LogP contribution in [0.15, 0.2) is 90.3 Å². The Hall–Kier alpha value is -5.83. The molecule has 4 heterocycles. The molecule has 0 aliphatic carbocycles. The number of aromatic nitrogens is 4. The van der Waals surface area contributed by atoms with Crippen LogP contribution in [0.2, 0.25) is 0 Å². The Morgan fingerprint density at radius 3 is 2.55 bits per heavy atom. The summed E-state index contributed by atoms with van der Waals surface area (Å²) in [5.74, 6) is 0.266. The molecule has 5 aromatic rings. The summed E-state index contributed by atoms with van der Waals surface area (Å²) in [5.41, 5.74) is 12.7. The summed E-state index contributed by atoms with van der Waals surface area (Å²) in [7, 11) is -4.09. The number of benzene rings is 2. The van der Waals surface area contributed by atoms with Gasteiger partial charge in [0.15, 0.2) is 0 Å². The van der Waals surface area contributed by atoms with E-state index in [1.165, 1.54) is 42.9 Å². The molecule has 0 radical (unpaired) electrons. The van der Waals surface area contributed by atoms with Gasteiger partial charge in [0.1, 0.15) is 41.3 Å². The quantitative estimate of drug-likeness (QED) is 0.145. The van der Waals surface area contributed by atoms with Gasteiger partial charge in [-0.2, -0.15) is 0 Å². The van der Waals surface area contributed by atoms with Gasteiger partial charge in [-0.3, -0.25) is 19.1 Å². The minimum Gasteiger partial charge on any atom is -0.508 e. The van der Waals surface area contributed by atoms with Gasteiger partial charge in [0.05, 0.1) is 23.1 Å². The average Bonchev–Trinajstić information content (AvgIpc) is 3.43. The zero-order chi connectivity index (χ0) is 33.3. The Morgan fingerprint density at radius 1 is 1.09 bits per heavy atom. The lowest BCUT2D eigenvalue weighted by atomic mass is 10.1. The first-order chi connectivity index (χ1) is 22.6. The molecule has 1 aliphatic heterocycles. The second kappa shape index (κ2) is 12.5. The van der Waals surface area contributed by atoms with Crippen LogP contribution < -0.4 is 30.8 Å². The number of rotatable bonds is 10. The zero-order valence-electron chi connectivity index (χ0n) is 25.7. The minimum absolute atomic E-state index is 0.0538. The van der Waals surface area contributed by atoms with E-state index in [0.717, 1.165) is 5.56 Å². The fourth-order valence-corrected chi connectivity index (χ4v) is 6.43. The number of carbonyl (C=O) groups excluding carboxylic acids is 1. The summed E-state index contributed by atoms with van der Waals surface area (Å²) in [5, 5.41) is 13.0. The van der Waals surface area contributed by atoms with Gasteiger partial charge in [-0.25, -0.2) is 23.4 Å². The molecule has 47 heavy (non-hydrogen) atoms. The van der Waals surface area contributed by atoms with Crippen molar-refractivity contribution in [1.82, 2.24) is 19.6 Å². The number of amides is 1. The number of aryl methyl sites for hydroxylation is 1. The number of nitrogen functional groups attached to an aromatic ring is 1. The maximum absolute atomic E-state index is 13.9. The van der Waals surface area contributed by atoms with E-state index in [-0.39, 0.29) is 40.5 Å². The molecule has 2 atom stereocenters. The van der Waals surface area contributed by atoms with E-state index in [9.17, 15) is 18.3 Å². The maximum atomic E-state index is 13.9. The van der Waals surface area contributed by atoms with Crippen molar-refractivity contribution < 1.29 is 23.1 Å². The van der Waals surface area contributed by atoms with Gasteiger partial charge in [0.25, 0.3) is 15.9 Å². The molecule has 0 fully saturated rings. The first kappa shape index (κ1) is 31.2. The average molecular weight is 656 g/mol. The van der Waals surface area contributed by atoms with Crippen molar-refractivity contribution in [3.05, 3.63) is 96.7 Å². The fourth-order valence-electron chi connectivity index (χ4n) is 5.38. The van der Waals surface area contributed by atoms with Crippen LogP contribution in [-0.4, -0.2) is 57.9 Å². The lowest BCUT2D eigenvalue weighted by Gasteiger charge is -2.41. The third-order valence-electron chi connectivity index (χ3n) is 7.62. The second-order valence-corrected chi connectivity index (χ2v) is 12.5. The van der Waals surface area contributed by atoms with Gasteiger partial charge in [0.2, 0.25) is 5.88 Å². The lowest BCUT2D eigenvalue weighted by Crippen LogP contribution is -2.59. The van der Waals surface area contributed by atoms with Gasteiger partial charge < -0.3 is 26.3 Å². The molecule has 242 valence electrons. The number of fused-ring (bicyclic) bond motifs is 1. The van der Waals surface area contributed by atoms with Crippen LogP contribution in [0.3, 0.4) is 0 Å². The SMILES string of the molecule is CCOc1ncc(-c2c(N)ncnc2N[C@@H](C)C2Nn3ccc(C)c3C(=O)N2c2ccccc2)cc1NS(=O)(=O)c1ccc(O)cc1. The fraction of sp³-hybridized carbons (Fsp3) is 0.188. The minimum atomic E-state index is -4.09. The van der Waals surface area contributed by atoms with Gasteiger partial charge in [-0.05, 0) is 74.9 Å². The molecule has 0 bridgehead atoms. The molecule has 1 amide bonds. The molecule has 0 spiro atoms. The monoisotopic (exact) mass is 655 g/mol. The summed E-state index contributed by atoms with van der Waals surface area (Å²) in [6.07, 6.45) is 4.04. The molecule has 3 aromatic heterocycles. The molecule has 0 saturated carbocycles. The Morgan fingerprint density at radius 2 is 1.83 bits per heavy atom. The summed E-state index contributed by atoms with van der Waals surface area (Å²) in [4.78, 5) is 28.5. The lowest BCUT2D eigenvalue weighted by molar-refractivity contribution is 0.0954. The van der Waals surface area contributed by atoms with Crippen LogP contribution in [-0.2, 0) is 10.0 Å². The number of hydrogen-bond acceptors (Lipinski definition) is 11. The molecule has 1 aliphatic rings. The molecule has 0 saturated heterocycles. The van der Waals surface area contributed by atoms with Crippen LogP contribution in [0, 0.1) is 6.92 Å². The Bertz CT molecular complexity index is 2040. The molecular formula is C32H33N9O5S. The summed E-state index contributed by atoms with van der Waals surface area (Å²) in [6.45, 7) is 5.77. The second-order valence-electron chi connectivity index (χ2n) is 10.8. The number of nitrogens with one attached hydrogen (secondary N) is 3. The van der Waals surface area contributed by atoms with Gasteiger partial charge in [-0.1, -0.05) is 18.2 Å². The van der Waals surface area contributed by atoms with Crippen molar-refractivity contribution in [2.45, 2.75) is 37.9 Å². The van der Waals surface area contributed by atoms with Crippen LogP contribution >= 0.6 is 0 Å². The van der Waals surface area contributed by atoms with Crippen LogP contribution in [0.5, 0.6) is 11.6 Å². The Balaban J connectivity index is 1.36. The van der Waals surface area contributed by atoms with Crippen molar-refractivity contribution in [2.24, 2.45) is 0 Å². The van der Waals surface area contributed by atoms with Crippen LogP contribution in [0.4, 0.5) is 23.0 Å². The van der Waals surface area contributed by atoms with Crippen molar-refractivity contribution >= 4 is 38.9 Å². The van der Waals surface area contributed by atoms with E-state index in [0.29, 0.717) is 28.3 Å². The number of phenols is 1. The maximum Gasteiger partial charge on any atom is 0.278 e. The highest BCUT2D eigenvalue weighted by Gasteiger charge is 2.38. The highest BCUT2D eigenvalue weighted by atomic mass is 32.2. The van der Waals surface area contributed by atoms with Gasteiger partial charge >= 0.3 is 0 Å². The zero-order valence-corrected chi connectivity index (χ0v) is 26.6. The van der Waals surface area contributed by atoms with E-state index < -0.39 is 22.2 Å². The summed E-state index contributed by atoms with van der Waals surface area (Å²) >= 11 is 0. The third kappa shape index (κ3) is 6.07.